The largest absolute Gasteiger partial charge is 0.485 e. The molecule has 0 unspecified atom stereocenters. The van der Waals surface area contributed by atoms with Crippen LogP contribution < -0.4 is 4.74 Å². The van der Waals surface area contributed by atoms with Gasteiger partial charge in [-0.05, 0) is 25.5 Å². The molecule has 0 saturated heterocycles. The van der Waals surface area contributed by atoms with Crippen molar-refractivity contribution < 1.29 is 14.1 Å². The van der Waals surface area contributed by atoms with E-state index in [0.717, 1.165) is 21.6 Å². The highest BCUT2D eigenvalue weighted by atomic mass is 32.1. The van der Waals surface area contributed by atoms with Crippen LogP contribution in [0, 0.1) is 6.92 Å². The van der Waals surface area contributed by atoms with Crippen molar-refractivity contribution in [3.63, 3.8) is 0 Å². The van der Waals surface area contributed by atoms with Crippen LogP contribution in [0.25, 0.3) is 10.2 Å². The molecule has 0 aliphatic carbocycles. The van der Waals surface area contributed by atoms with Gasteiger partial charge in [-0.25, -0.2) is 4.98 Å². The molecule has 1 aromatic carbocycles. The molecular formula is C19H19N3O3S. The Morgan fingerprint density at radius 2 is 2.31 bits per heavy atom. The second kappa shape index (κ2) is 6.92. The van der Waals surface area contributed by atoms with E-state index in [1.165, 1.54) is 0 Å². The summed E-state index contributed by atoms with van der Waals surface area (Å²) in [6, 6.07) is 7.59. The van der Waals surface area contributed by atoms with Gasteiger partial charge in [0, 0.05) is 18.7 Å². The summed E-state index contributed by atoms with van der Waals surface area (Å²) in [5.41, 5.74) is 1.24. The normalized spacial score (nSPS) is 16.5. The van der Waals surface area contributed by atoms with Crippen molar-refractivity contribution in [1.82, 2.24) is 15.0 Å². The van der Waals surface area contributed by atoms with E-state index in [9.17, 15) is 4.79 Å². The fourth-order valence-corrected chi connectivity index (χ4v) is 3.86. The minimum absolute atomic E-state index is 0.115. The third-order valence-corrected chi connectivity index (χ3v) is 5.32. The smallest absolute Gasteiger partial charge is 0.276 e. The molecule has 26 heavy (non-hydrogen) atoms. The van der Waals surface area contributed by atoms with Crippen LogP contribution in [0.1, 0.15) is 34.6 Å². The minimum atomic E-state index is -0.115. The topological polar surface area (TPSA) is 68.5 Å². The standard InChI is InChI=1S/C19H19N3O3S/c1-3-13-5-4-8-22(13)19(23)17-10-15(25-21-17)11-24-14-6-7-18-16(9-14)20-12(2)26-18/h4-7,9-10,13H,3,8,11H2,1-2H3/t13-/m1/s1. The van der Waals surface area contributed by atoms with Gasteiger partial charge in [0.1, 0.15) is 12.4 Å². The summed E-state index contributed by atoms with van der Waals surface area (Å²) in [4.78, 5) is 18.8. The van der Waals surface area contributed by atoms with Crippen LogP contribution in [-0.2, 0) is 6.61 Å². The van der Waals surface area contributed by atoms with Crippen molar-refractivity contribution in [3.8, 4) is 5.75 Å². The zero-order chi connectivity index (χ0) is 18.1. The number of hydrogen-bond donors (Lipinski definition) is 0. The molecule has 1 amide bonds. The molecule has 0 bridgehead atoms. The molecule has 1 atom stereocenters. The SMILES string of the molecule is CC[C@@H]1C=CCN1C(=O)c1cc(COc2ccc3sc(C)nc3c2)on1. The molecule has 0 spiro atoms. The Morgan fingerprint density at radius 1 is 1.42 bits per heavy atom. The first-order valence-corrected chi connectivity index (χ1v) is 9.39. The lowest BCUT2D eigenvalue weighted by atomic mass is 10.2. The molecule has 0 fully saturated rings. The first-order valence-electron chi connectivity index (χ1n) is 8.57. The molecule has 1 aliphatic rings. The van der Waals surface area contributed by atoms with Crippen molar-refractivity contribution in [1.29, 1.82) is 0 Å². The first-order chi connectivity index (χ1) is 12.6. The Labute approximate surface area is 155 Å². The summed E-state index contributed by atoms with van der Waals surface area (Å²) in [7, 11) is 0. The van der Waals surface area contributed by atoms with Gasteiger partial charge < -0.3 is 14.2 Å². The number of carbonyl (C=O) groups is 1. The van der Waals surface area contributed by atoms with Gasteiger partial charge in [0.2, 0.25) is 0 Å². The summed E-state index contributed by atoms with van der Waals surface area (Å²) in [6.45, 7) is 4.87. The molecule has 6 nitrogen and oxygen atoms in total. The van der Waals surface area contributed by atoms with Crippen LogP contribution in [-0.4, -0.2) is 33.5 Å². The van der Waals surface area contributed by atoms with Crippen molar-refractivity contribution in [2.24, 2.45) is 0 Å². The van der Waals surface area contributed by atoms with Crippen molar-refractivity contribution in [2.45, 2.75) is 32.9 Å². The van der Waals surface area contributed by atoms with E-state index in [1.54, 1.807) is 22.3 Å². The number of thiazole rings is 1. The molecule has 0 N–H and O–H groups in total. The number of hydrogen-bond acceptors (Lipinski definition) is 6. The zero-order valence-electron chi connectivity index (χ0n) is 14.6. The number of benzene rings is 1. The summed E-state index contributed by atoms with van der Waals surface area (Å²) in [5.74, 6) is 1.11. The highest BCUT2D eigenvalue weighted by Gasteiger charge is 2.26. The van der Waals surface area contributed by atoms with E-state index in [0.29, 0.717) is 23.7 Å². The predicted molar refractivity (Wildman–Crippen MR) is 99.4 cm³/mol. The van der Waals surface area contributed by atoms with Gasteiger partial charge in [-0.3, -0.25) is 4.79 Å². The van der Waals surface area contributed by atoms with Crippen molar-refractivity contribution in [3.05, 3.63) is 52.9 Å². The van der Waals surface area contributed by atoms with Gasteiger partial charge >= 0.3 is 0 Å². The van der Waals surface area contributed by atoms with E-state index in [4.69, 9.17) is 9.26 Å². The van der Waals surface area contributed by atoms with Crippen LogP contribution in [0.15, 0.2) is 40.9 Å². The van der Waals surface area contributed by atoms with Crippen molar-refractivity contribution >= 4 is 27.5 Å². The number of aryl methyl sites for hydroxylation is 1. The maximum Gasteiger partial charge on any atom is 0.276 e. The van der Waals surface area contributed by atoms with Gasteiger partial charge in [0.15, 0.2) is 11.5 Å². The third-order valence-electron chi connectivity index (χ3n) is 4.36. The van der Waals surface area contributed by atoms with E-state index in [1.807, 2.05) is 31.2 Å². The van der Waals surface area contributed by atoms with E-state index in [-0.39, 0.29) is 18.6 Å². The Morgan fingerprint density at radius 3 is 3.15 bits per heavy atom. The molecule has 0 saturated carbocycles. The van der Waals surface area contributed by atoms with Crippen LogP contribution in [0.2, 0.25) is 0 Å². The Bertz CT molecular complexity index is 975. The molecule has 3 aromatic rings. The predicted octanol–water partition coefficient (Wildman–Crippen LogP) is 3.96. The number of ether oxygens (including phenoxy) is 1. The van der Waals surface area contributed by atoms with Gasteiger partial charge in [-0.15, -0.1) is 11.3 Å². The van der Waals surface area contributed by atoms with Crippen LogP contribution in [0.3, 0.4) is 0 Å². The van der Waals surface area contributed by atoms with Crippen molar-refractivity contribution in [2.75, 3.05) is 6.54 Å². The minimum Gasteiger partial charge on any atom is -0.485 e. The third kappa shape index (κ3) is 3.22. The lowest BCUT2D eigenvalue weighted by Gasteiger charge is -2.22. The fraction of sp³-hybridized carbons (Fsp3) is 0.316. The monoisotopic (exact) mass is 369 g/mol. The number of nitrogens with zero attached hydrogens (tertiary/aromatic N) is 3. The lowest BCUT2D eigenvalue weighted by Crippen LogP contribution is -2.35. The fourth-order valence-electron chi connectivity index (χ4n) is 3.06. The first kappa shape index (κ1) is 16.8. The Kier molecular flexibility index (Phi) is 4.46. The number of rotatable bonds is 5. The highest BCUT2D eigenvalue weighted by molar-refractivity contribution is 7.18. The molecule has 134 valence electrons. The van der Waals surface area contributed by atoms with Crippen LogP contribution >= 0.6 is 11.3 Å². The quantitative estimate of drug-likeness (QED) is 0.637. The highest BCUT2D eigenvalue weighted by Crippen LogP contribution is 2.26. The molecule has 3 heterocycles. The van der Waals surface area contributed by atoms with E-state index < -0.39 is 0 Å². The summed E-state index contributed by atoms with van der Waals surface area (Å²) in [6.07, 6.45) is 4.94. The van der Waals surface area contributed by atoms with E-state index in [2.05, 4.69) is 23.1 Å². The number of amides is 1. The number of carbonyl (C=O) groups excluding carboxylic acids is 1. The maximum atomic E-state index is 12.6. The van der Waals surface area contributed by atoms with Gasteiger partial charge in [-0.2, -0.15) is 0 Å². The molecule has 7 heteroatoms. The summed E-state index contributed by atoms with van der Waals surface area (Å²) < 4.78 is 12.2. The lowest BCUT2D eigenvalue weighted by molar-refractivity contribution is 0.0737. The molecule has 2 aromatic heterocycles. The Hall–Kier alpha value is -2.67. The molecular weight excluding hydrogens is 350 g/mol. The second-order valence-electron chi connectivity index (χ2n) is 6.19. The molecule has 0 radical (unpaired) electrons. The average Bonchev–Trinajstić information content (AvgIpc) is 3.36. The molecule has 4 rings (SSSR count). The molecule has 1 aliphatic heterocycles. The van der Waals surface area contributed by atoms with Gasteiger partial charge in [-0.1, -0.05) is 24.2 Å². The van der Waals surface area contributed by atoms with E-state index >= 15 is 0 Å². The average molecular weight is 369 g/mol. The summed E-state index contributed by atoms with van der Waals surface area (Å²) in [5, 5.41) is 4.94. The Balaban J connectivity index is 1.42. The van der Waals surface area contributed by atoms with Gasteiger partial charge in [0.05, 0.1) is 21.3 Å². The maximum absolute atomic E-state index is 12.6. The number of aromatic nitrogens is 2. The number of fused-ring (bicyclic) bond motifs is 1. The second-order valence-corrected chi connectivity index (χ2v) is 7.43. The van der Waals surface area contributed by atoms with Crippen LogP contribution in [0.4, 0.5) is 0 Å². The summed E-state index contributed by atoms with van der Waals surface area (Å²) >= 11 is 1.65. The van der Waals surface area contributed by atoms with Gasteiger partial charge in [0.25, 0.3) is 5.91 Å². The van der Waals surface area contributed by atoms with Crippen LogP contribution in [0.5, 0.6) is 5.75 Å². The zero-order valence-corrected chi connectivity index (χ0v) is 15.5.